The van der Waals surface area contributed by atoms with Gasteiger partial charge in [-0.2, -0.15) is 0 Å². The Morgan fingerprint density at radius 3 is 2.21 bits per heavy atom. The SMILES string of the molecule is COc1cc(C)c(C(O)c2cc(C)c(C)s2)cc1C. The van der Waals surface area contributed by atoms with Gasteiger partial charge in [0.05, 0.1) is 7.11 Å². The van der Waals surface area contributed by atoms with E-state index < -0.39 is 6.10 Å². The fourth-order valence-electron chi connectivity index (χ4n) is 2.22. The van der Waals surface area contributed by atoms with Crippen LogP contribution in [0, 0.1) is 27.7 Å². The van der Waals surface area contributed by atoms with Crippen molar-refractivity contribution in [3.63, 3.8) is 0 Å². The van der Waals surface area contributed by atoms with Crippen molar-refractivity contribution < 1.29 is 9.84 Å². The van der Waals surface area contributed by atoms with Gasteiger partial charge in [-0.15, -0.1) is 11.3 Å². The van der Waals surface area contributed by atoms with Gasteiger partial charge in [0.25, 0.3) is 0 Å². The van der Waals surface area contributed by atoms with Crippen LogP contribution in [0.1, 0.15) is 38.1 Å². The van der Waals surface area contributed by atoms with Crippen LogP contribution in [-0.2, 0) is 0 Å². The highest BCUT2D eigenvalue weighted by molar-refractivity contribution is 7.12. The molecule has 2 aromatic rings. The Hall–Kier alpha value is -1.32. The molecule has 0 aliphatic rings. The standard InChI is InChI=1S/C16H20O2S/c1-9-8-15(19-12(9)4)16(17)13-6-11(3)14(18-5)7-10(13)2/h6-8,16-17H,1-5H3. The number of rotatable bonds is 3. The Kier molecular flexibility index (Phi) is 3.97. The summed E-state index contributed by atoms with van der Waals surface area (Å²) in [5.41, 5.74) is 4.30. The van der Waals surface area contributed by atoms with E-state index in [1.54, 1.807) is 18.4 Å². The van der Waals surface area contributed by atoms with Crippen LogP contribution in [0.3, 0.4) is 0 Å². The molecule has 1 unspecified atom stereocenters. The Morgan fingerprint density at radius 1 is 1.00 bits per heavy atom. The van der Waals surface area contributed by atoms with Crippen molar-refractivity contribution in [3.05, 3.63) is 50.2 Å². The van der Waals surface area contributed by atoms with E-state index >= 15 is 0 Å². The minimum absolute atomic E-state index is 0.554. The second kappa shape index (κ2) is 5.35. The average Bonchev–Trinajstić information content (AvgIpc) is 2.71. The lowest BCUT2D eigenvalue weighted by Gasteiger charge is -2.15. The van der Waals surface area contributed by atoms with Gasteiger partial charge in [-0.05, 0) is 68.1 Å². The molecule has 0 saturated carbocycles. The molecule has 1 aromatic carbocycles. The van der Waals surface area contributed by atoms with Crippen LogP contribution < -0.4 is 4.74 Å². The lowest BCUT2D eigenvalue weighted by atomic mass is 9.99. The maximum absolute atomic E-state index is 10.6. The zero-order valence-electron chi connectivity index (χ0n) is 12.1. The van der Waals surface area contributed by atoms with Crippen molar-refractivity contribution in [2.45, 2.75) is 33.8 Å². The second-order valence-corrected chi connectivity index (χ2v) is 6.26. The van der Waals surface area contributed by atoms with Crippen molar-refractivity contribution >= 4 is 11.3 Å². The first-order valence-electron chi connectivity index (χ1n) is 6.34. The summed E-state index contributed by atoms with van der Waals surface area (Å²) >= 11 is 1.66. The largest absolute Gasteiger partial charge is 0.496 e. The summed E-state index contributed by atoms with van der Waals surface area (Å²) in [4.78, 5) is 2.26. The van der Waals surface area contributed by atoms with Gasteiger partial charge in [-0.25, -0.2) is 0 Å². The van der Waals surface area contributed by atoms with Crippen LogP contribution >= 0.6 is 11.3 Å². The van der Waals surface area contributed by atoms with E-state index in [1.807, 2.05) is 26.0 Å². The molecule has 2 nitrogen and oxygen atoms in total. The lowest BCUT2D eigenvalue weighted by Crippen LogP contribution is -2.02. The number of hydrogen-bond acceptors (Lipinski definition) is 3. The summed E-state index contributed by atoms with van der Waals surface area (Å²) in [6.07, 6.45) is -0.554. The Labute approximate surface area is 118 Å². The monoisotopic (exact) mass is 276 g/mol. The Balaban J connectivity index is 2.44. The lowest BCUT2D eigenvalue weighted by molar-refractivity contribution is 0.223. The van der Waals surface area contributed by atoms with Gasteiger partial charge in [-0.1, -0.05) is 0 Å². The molecule has 0 bridgehead atoms. The summed E-state index contributed by atoms with van der Waals surface area (Å²) in [7, 11) is 1.67. The highest BCUT2D eigenvalue weighted by atomic mass is 32.1. The van der Waals surface area contributed by atoms with Gasteiger partial charge >= 0.3 is 0 Å². The number of aliphatic hydroxyl groups is 1. The molecule has 19 heavy (non-hydrogen) atoms. The van der Waals surface area contributed by atoms with Crippen LogP contribution in [0.2, 0.25) is 0 Å². The van der Waals surface area contributed by atoms with Crippen LogP contribution in [0.4, 0.5) is 0 Å². The van der Waals surface area contributed by atoms with E-state index in [-0.39, 0.29) is 0 Å². The van der Waals surface area contributed by atoms with Crippen molar-refractivity contribution in [1.29, 1.82) is 0 Å². The van der Waals surface area contributed by atoms with Gasteiger partial charge < -0.3 is 9.84 Å². The van der Waals surface area contributed by atoms with E-state index in [2.05, 4.69) is 19.9 Å². The quantitative estimate of drug-likeness (QED) is 0.915. The van der Waals surface area contributed by atoms with Crippen LogP contribution in [0.25, 0.3) is 0 Å². The molecule has 1 N–H and O–H groups in total. The maximum Gasteiger partial charge on any atom is 0.122 e. The summed E-state index contributed by atoms with van der Waals surface area (Å²) in [5.74, 6) is 0.868. The zero-order chi connectivity index (χ0) is 14.2. The third-order valence-corrected chi connectivity index (χ3v) is 4.74. The van der Waals surface area contributed by atoms with Crippen molar-refractivity contribution in [3.8, 4) is 5.75 Å². The van der Waals surface area contributed by atoms with Crippen LogP contribution in [-0.4, -0.2) is 12.2 Å². The number of thiophene rings is 1. The molecule has 102 valence electrons. The number of hydrogen-bond donors (Lipinski definition) is 1. The normalized spacial score (nSPS) is 12.5. The maximum atomic E-state index is 10.6. The second-order valence-electron chi connectivity index (χ2n) is 4.97. The van der Waals surface area contributed by atoms with Gasteiger partial charge in [-0.3, -0.25) is 0 Å². The summed E-state index contributed by atoms with van der Waals surface area (Å²) < 4.78 is 5.31. The molecule has 2 rings (SSSR count). The molecule has 0 aliphatic carbocycles. The van der Waals surface area contributed by atoms with Crippen molar-refractivity contribution in [2.24, 2.45) is 0 Å². The summed E-state index contributed by atoms with van der Waals surface area (Å²) in [6, 6.07) is 6.08. The first-order chi connectivity index (χ1) is 8.93. The molecule has 3 heteroatoms. The Bertz CT molecular complexity index is 580. The van der Waals surface area contributed by atoms with Gasteiger partial charge in [0, 0.05) is 9.75 Å². The number of benzene rings is 1. The summed E-state index contributed by atoms with van der Waals surface area (Å²) in [6.45, 7) is 8.17. The molecule has 1 heterocycles. The molecular weight excluding hydrogens is 256 g/mol. The number of ether oxygens (including phenoxy) is 1. The first kappa shape index (κ1) is 14.1. The van der Waals surface area contributed by atoms with Gasteiger partial charge in [0.1, 0.15) is 11.9 Å². The molecule has 0 radical (unpaired) electrons. The molecule has 0 spiro atoms. The van der Waals surface area contributed by atoms with E-state index in [4.69, 9.17) is 4.74 Å². The predicted octanol–water partition coefficient (Wildman–Crippen LogP) is 4.07. The predicted molar refractivity (Wildman–Crippen MR) is 80.3 cm³/mol. The third-order valence-electron chi connectivity index (χ3n) is 3.53. The van der Waals surface area contributed by atoms with E-state index in [0.717, 1.165) is 27.3 Å². The highest BCUT2D eigenvalue weighted by Gasteiger charge is 2.17. The van der Waals surface area contributed by atoms with Gasteiger partial charge in [0.15, 0.2) is 0 Å². The van der Waals surface area contributed by atoms with Crippen molar-refractivity contribution in [2.75, 3.05) is 7.11 Å². The molecule has 0 fully saturated rings. The first-order valence-corrected chi connectivity index (χ1v) is 7.15. The Morgan fingerprint density at radius 2 is 1.68 bits per heavy atom. The van der Waals surface area contributed by atoms with Crippen molar-refractivity contribution in [1.82, 2.24) is 0 Å². The van der Waals surface area contributed by atoms with Crippen LogP contribution in [0.5, 0.6) is 5.75 Å². The number of aryl methyl sites for hydroxylation is 4. The van der Waals surface area contributed by atoms with Crippen LogP contribution in [0.15, 0.2) is 18.2 Å². The fraction of sp³-hybridized carbons (Fsp3) is 0.375. The smallest absolute Gasteiger partial charge is 0.122 e. The molecule has 1 aromatic heterocycles. The summed E-state index contributed by atoms with van der Waals surface area (Å²) in [5, 5.41) is 10.6. The minimum atomic E-state index is -0.554. The van der Waals surface area contributed by atoms with E-state index in [0.29, 0.717) is 0 Å². The fourth-order valence-corrected chi connectivity index (χ4v) is 3.26. The molecular formula is C16H20O2S. The zero-order valence-corrected chi connectivity index (χ0v) is 12.9. The molecule has 0 aliphatic heterocycles. The number of aliphatic hydroxyl groups excluding tert-OH is 1. The highest BCUT2D eigenvalue weighted by Crippen LogP contribution is 2.34. The topological polar surface area (TPSA) is 29.5 Å². The molecule has 0 amide bonds. The molecule has 1 atom stereocenters. The molecule has 0 saturated heterocycles. The minimum Gasteiger partial charge on any atom is -0.496 e. The van der Waals surface area contributed by atoms with Gasteiger partial charge in [0.2, 0.25) is 0 Å². The van der Waals surface area contributed by atoms with E-state index in [1.165, 1.54) is 10.4 Å². The number of methoxy groups -OCH3 is 1. The third kappa shape index (κ3) is 2.67. The van der Waals surface area contributed by atoms with E-state index in [9.17, 15) is 5.11 Å². The average molecular weight is 276 g/mol.